The van der Waals surface area contributed by atoms with Gasteiger partial charge in [0, 0.05) is 6.08 Å². The van der Waals surface area contributed by atoms with Gasteiger partial charge in [0.05, 0.1) is 24.9 Å². The fraction of sp³-hybridized carbons (Fsp3) is 0.812. The summed E-state index contributed by atoms with van der Waals surface area (Å²) in [6.45, 7) is 14.6. The standard InChI is InChI=1S/C16H30O5Si/c1-8-18-13(17)9-12-11(2)20-15(6,10-19-22)21-16(12,7)14(3,4)5/h9,11H,8,10H2,1-7,22H3/t11?,15-,16+/m1/s1. The molecule has 1 aliphatic heterocycles. The monoisotopic (exact) mass is 330 g/mol. The van der Waals surface area contributed by atoms with Gasteiger partial charge in [-0.2, -0.15) is 0 Å². The van der Waals surface area contributed by atoms with Crippen LogP contribution in [0.4, 0.5) is 0 Å². The summed E-state index contributed by atoms with van der Waals surface area (Å²) in [4.78, 5) is 11.9. The average Bonchev–Trinajstić information content (AvgIpc) is 2.33. The highest BCUT2D eigenvalue weighted by atomic mass is 28.2. The third kappa shape index (κ3) is 3.98. The maximum absolute atomic E-state index is 11.9. The summed E-state index contributed by atoms with van der Waals surface area (Å²) in [6, 6.07) is 0. The minimum absolute atomic E-state index is 0.226. The van der Waals surface area contributed by atoms with Gasteiger partial charge in [0.1, 0.15) is 10.5 Å². The molecule has 1 aliphatic rings. The second-order valence-corrected chi connectivity index (χ2v) is 7.64. The van der Waals surface area contributed by atoms with Crippen LogP contribution in [0.1, 0.15) is 48.5 Å². The lowest BCUT2D eigenvalue weighted by Crippen LogP contribution is -2.60. The smallest absolute Gasteiger partial charge is 0.330 e. The molecule has 22 heavy (non-hydrogen) atoms. The Morgan fingerprint density at radius 1 is 1.41 bits per heavy atom. The largest absolute Gasteiger partial charge is 0.463 e. The predicted molar refractivity (Wildman–Crippen MR) is 88.5 cm³/mol. The van der Waals surface area contributed by atoms with Crippen LogP contribution < -0.4 is 0 Å². The first-order valence-corrected chi connectivity index (χ1v) is 8.56. The van der Waals surface area contributed by atoms with E-state index in [9.17, 15) is 4.79 Å². The van der Waals surface area contributed by atoms with Gasteiger partial charge in [0.2, 0.25) is 0 Å². The highest BCUT2D eigenvalue weighted by Crippen LogP contribution is 2.48. The first kappa shape index (κ1) is 19.4. The van der Waals surface area contributed by atoms with Crippen LogP contribution in [-0.2, 0) is 23.4 Å². The van der Waals surface area contributed by atoms with Crippen molar-refractivity contribution in [1.29, 1.82) is 0 Å². The molecule has 1 saturated heterocycles. The molecule has 0 bridgehead atoms. The third-order valence-electron chi connectivity index (χ3n) is 4.23. The van der Waals surface area contributed by atoms with Gasteiger partial charge in [-0.1, -0.05) is 20.8 Å². The molecule has 0 aromatic heterocycles. The molecule has 128 valence electrons. The molecule has 0 amide bonds. The zero-order valence-electron chi connectivity index (χ0n) is 15.1. The second kappa shape index (κ2) is 6.82. The molecule has 6 heteroatoms. The number of ether oxygens (including phenoxy) is 3. The van der Waals surface area contributed by atoms with Crippen molar-refractivity contribution in [3.05, 3.63) is 11.6 Å². The highest BCUT2D eigenvalue weighted by Gasteiger charge is 2.53. The van der Waals surface area contributed by atoms with Gasteiger partial charge in [-0.25, -0.2) is 4.79 Å². The first-order chi connectivity index (χ1) is 9.99. The Labute approximate surface area is 136 Å². The van der Waals surface area contributed by atoms with Crippen molar-refractivity contribution in [1.82, 2.24) is 0 Å². The minimum Gasteiger partial charge on any atom is -0.463 e. The highest BCUT2D eigenvalue weighted by molar-refractivity contribution is 5.97. The molecule has 0 saturated carbocycles. The van der Waals surface area contributed by atoms with Gasteiger partial charge in [0.25, 0.3) is 0 Å². The molecule has 0 aliphatic carbocycles. The summed E-state index contributed by atoms with van der Waals surface area (Å²) < 4.78 is 22.7. The lowest BCUT2D eigenvalue weighted by Gasteiger charge is -2.54. The van der Waals surface area contributed by atoms with Crippen LogP contribution in [-0.4, -0.2) is 47.2 Å². The molecule has 0 aromatic rings. The van der Waals surface area contributed by atoms with E-state index in [0.717, 1.165) is 5.57 Å². The van der Waals surface area contributed by atoms with Crippen LogP contribution >= 0.6 is 0 Å². The Balaban J connectivity index is 3.28. The number of hydrogen-bond acceptors (Lipinski definition) is 5. The summed E-state index contributed by atoms with van der Waals surface area (Å²) >= 11 is 0. The fourth-order valence-corrected chi connectivity index (χ4v) is 3.34. The molecule has 3 atom stereocenters. The van der Waals surface area contributed by atoms with Gasteiger partial charge < -0.3 is 18.6 Å². The zero-order valence-corrected chi connectivity index (χ0v) is 17.1. The normalized spacial score (nSPS) is 34.9. The molecule has 1 rings (SSSR count). The number of rotatable bonds is 4. The van der Waals surface area contributed by atoms with E-state index in [1.54, 1.807) is 6.92 Å². The molecule has 5 nitrogen and oxygen atoms in total. The van der Waals surface area contributed by atoms with Crippen molar-refractivity contribution >= 4 is 16.5 Å². The summed E-state index contributed by atoms with van der Waals surface area (Å²) in [5.74, 6) is -1.19. The Kier molecular flexibility index (Phi) is 6.00. The number of esters is 1. The SMILES string of the molecule is CCOC(=O)C=C1C(C)O[C@@](C)(CO[SiH3])O[C@]1(C)C(C)(C)C. The summed E-state index contributed by atoms with van der Waals surface area (Å²) in [7, 11) is 0.617. The maximum atomic E-state index is 11.9. The van der Waals surface area contributed by atoms with Crippen LogP contribution in [0, 0.1) is 5.41 Å². The van der Waals surface area contributed by atoms with E-state index >= 15 is 0 Å². The van der Waals surface area contributed by atoms with Crippen molar-refractivity contribution in [2.45, 2.75) is 66.0 Å². The van der Waals surface area contributed by atoms with E-state index in [-0.39, 0.29) is 17.5 Å². The molecule has 1 fully saturated rings. The average molecular weight is 330 g/mol. The van der Waals surface area contributed by atoms with Crippen molar-refractivity contribution in [3.8, 4) is 0 Å². The van der Waals surface area contributed by atoms with Crippen molar-refractivity contribution in [2.75, 3.05) is 13.2 Å². The number of hydrogen-bond donors (Lipinski definition) is 0. The Bertz CT molecular complexity index is 442. The summed E-state index contributed by atoms with van der Waals surface area (Å²) in [6.07, 6.45) is 1.25. The van der Waals surface area contributed by atoms with E-state index in [2.05, 4.69) is 20.8 Å². The van der Waals surface area contributed by atoms with E-state index in [1.807, 2.05) is 20.8 Å². The molecule has 0 aromatic carbocycles. The summed E-state index contributed by atoms with van der Waals surface area (Å²) in [5.41, 5.74) is -0.0912. The Hall–Kier alpha value is -0.693. The molecular weight excluding hydrogens is 300 g/mol. The van der Waals surface area contributed by atoms with E-state index in [1.165, 1.54) is 6.08 Å². The van der Waals surface area contributed by atoms with Gasteiger partial charge >= 0.3 is 5.97 Å². The fourth-order valence-electron chi connectivity index (χ4n) is 2.82. The van der Waals surface area contributed by atoms with Crippen LogP contribution in [0.25, 0.3) is 0 Å². The predicted octanol–water partition coefficient (Wildman–Crippen LogP) is 1.73. The zero-order chi connectivity index (χ0) is 17.2. The lowest BCUT2D eigenvalue weighted by atomic mass is 9.70. The molecule has 1 heterocycles. The minimum atomic E-state index is -0.824. The lowest BCUT2D eigenvalue weighted by molar-refractivity contribution is -0.336. The molecule has 0 spiro atoms. The van der Waals surface area contributed by atoms with Gasteiger partial charge in [-0.05, 0) is 38.7 Å². The van der Waals surface area contributed by atoms with Crippen LogP contribution in [0.3, 0.4) is 0 Å². The van der Waals surface area contributed by atoms with Crippen molar-refractivity contribution < 1.29 is 23.4 Å². The van der Waals surface area contributed by atoms with Gasteiger partial charge in [-0.3, -0.25) is 0 Å². The van der Waals surface area contributed by atoms with E-state index in [0.29, 0.717) is 23.7 Å². The second-order valence-electron chi connectivity index (χ2n) is 7.06. The first-order valence-electron chi connectivity index (χ1n) is 7.75. The van der Waals surface area contributed by atoms with E-state index in [4.69, 9.17) is 18.6 Å². The Morgan fingerprint density at radius 3 is 2.45 bits per heavy atom. The molecule has 1 unspecified atom stereocenters. The molecular formula is C16H30O5Si. The maximum Gasteiger partial charge on any atom is 0.330 e. The summed E-state index contributed by atoms with van der Waals surface area (Å²) in [5, 5.41) is 0. The molecule has 0 radical (unpaired) electrons. The van der Waals surface area contributed by atoms with Crippen LogP contribution in [0.2, 0.25) is 0 Å². The Morgan fingerprint density at radius 2 is 2.00 bits per heavy atom. The van der Waals surface area contributed by atoms with Crippen LogP contribution in [0.15, 0.2) is 11.6 Å². The van der Waals surface area contributed by atoms with Gasteiger partial charge in [-0.15, -0.1) is 0 Å². The van der Waals surface area contributed by atoms with Crippen molar-refractivity contribution in [3.63, 3.8) is 0 Å². The van der Waals surface area contributed by atoms with Crippen molar-refractivity contribution in [2.24, 2.45) is 5.41 Å². The topological polar surface area (TPSA) is 54.0 Å². The quantitative estimate of drug-likeness (QED) is 0.446. The third-order valence-corrected chi connectivity index (χ3v) is 4.52. The van der Waals surface area contributed by atoms with E-state index < -0.39 is 11.4 Å². The van der Waals surface area contributed by atoms with Crippen LogP contribution in [0.5, 0.6) is 0 Å². The van der Waals surface area contributed by atoms with Gasteiger partial charge in [0.15, 0.2) is 5.79 Å². The number of carbonyl (C=O) groups excluding carboxylic acids is 1. The number of carbonyl (C=O) groups is 1. The molecule has 0 N–H and O–H groups in total.